The lowest BCUT2D eigenvalue weighted by atomic mass is 10.0. The third kappa shape index (κ3) is 3.55. The highest BCUT2D eigenvalue weighted by Gasteiger charge is 2.61. The zero-order valence-electron chi connectivity index (χ0n) is 14.7. The van der Waals surface area contributed by atoms with Crippen LogP contribution in [0.4, 0.5) is 0 Å². The molecule has 134 valence electrons. The molecule has 2 amide bonds. The van der Waals surface area contributed by atoms with Gasteiger partial charge >= 0.3 is 0 Å². The first kappa shape index (κ1) is 16.6. The number of pyridine rings is 1. The Bertz CT molecular complexity index is 642. The number of nitrogens with one attached hydrogen (secondary N) is 1. The molecule has 1 aliphatic heterocycles. The van der Waals surface area contributed by atoms with E-state index in [1.807, 2.05) is 17.0 Å². The highest BCUT2D eigenvalue weighted by molar-refractivity contribution is 5.83. The summed E-state index contributed by atoms with van der Waals surface area (Å²) in [5.41, 5.74) is 1.13. The summed E-state index contributed by atoms with van der Waals surface area (Å²) in [4.78, 5) is 31.0. The van der Waals surface area contributed by atoms with Gasteiger partial charge in [0.05, 0.1) is 0 Å². The van der Waals surface area contributed by atoms with E-state index in [1.54, 1.807) is 12.4 Å². The van der Waals surface area contributed by atoms with Gasteiger partial charge < -0.3 is 10.2 Å². The van der Waals surface area contributed by atoms with Crippen LogP contribution in [0.15, 0.2) is 24.5 Å². The summed E-state index contributed by atoms with van der Waals surface area (Å²) in [7, 11) is 0. The van der Waals surface area contributed by atoms with Crippen molar-refractivity contribution in [2.75, 3.05) is 13.1 Å². The van der Waals surface area contributed by atoms with E-state index in [0.717, 1.165) is 37.9 Å². The molecule has 1 saturated heterocycles. The molecule has 5 heteroatoms. The van der Waals surface area contributed by atoms with Crippen LogP contribution in [-0.4, -0.2) is 34.8 Å². The van der Waals surface area contributed by atoms with E-state index in [0.29, 0.717) is 18.4 Å². The lowest BCUT2D eigenvalue weighted by Crippen LogP contribution is -2.32. The summed E-state index contributed by atoms with van der Waals surface area (Å²) in [6, 6.07) is 3.84. The Hall–Kier alpha value is -1.91. The van der Waals surface area contributed by atoms with Gasteiger partial charge in [-0.25, -0.2) is 0 Å². The predicted molar refractivity (Wildman–Crippen MR) is 94.4 cm³/mol. The van der Waals surface area contributed by atoms with Crippen LogP contribution in [0.3, 0.4) is 0 Å². The van der Waals surface area contributed by atoms with E-state index >= 15 is 0 Å². The molecular formula is C20H27N3O2. The maximum atomic E-state index is 12.5. The standard InChI is InChI=1S/C20H27N3O2/c24-18(11-15-3-1-2-4-15)23-10-7-20(14-23)12-17(20)19(25)22-13-16-5-8-21-9-6-16/h5-6,8-9,15,17H,1-4,7,10-14H2,(H,22,25)/t17-,20+/m1/s1. The molecule has 1 aromatic rings. The predicted octanol–water partition coefficient (Wildman–Crippen LogP) is 2.52. The highest BCUT2D eigenvalue weighted by atomic mass is 16.2. The summed E-state index contributed by atoms with van der Waals surface area (Å²) < 4.78 is 0. The third-order valence-corrected chi connectivity index (χ3v) is 6.40. The Morgan fingerprint density at radius 3 is 2.76 bits per heavy atom. The van der Waals surface area contributed by atoms with Crippen molar-refractivity contribution < 1.29 is 9.59 Å². The maximum Gasteiger partial charge on any atom is 0.224 e. The van der Waals surface area contributed by atoms with Crippen LogP contribution in [-0.2, 0) is 16.1 Å². The first-order chi connectivity index (χ1) is 12.2. The second-order valence-electron chi connectivity index (χ2n) is 8.11. The van der Waals surface area contributed by atoms with Gasteiger partial charge in [-0.05, 0) is 49.3 Å². The Balaban J connectivity index is 1.25. The van der Waals surface area contributed by atoms with E-state index in [4.69, 9.17) is 0 Å². The quantitative estimate of drug-likeness (QED) is 0.895. The third-order valence-electron chi connectivity index (χ3n) is 6.40. The van der Waals surface area contributed by atoms with Gasteiger partial charge in [0.2, 0.25) is 11.8 Å². The number of carbonyl (C=O) groups excluding carboxylic acids is 2. The number of hydrogen-bond acceptors (Lipinski definition) is 3. The first-order valence-corrected chi connectivity index (χ1v) is 9.61. The molecule has 2 aliphatic carbocycles. The van der Waals surface area contributed by atoms with Gasteiger partial charge in [0.1, 0.15) is 0 Å². The van der Waals surface area contributed by atoms with Gasteiger partial charge in [0.25, 0.3) is 0 Å². The average Bonchev–Trinajstić information content (AvgIpc) is 2.96. The highest BCUT2D eigenvalue weighted by Crippen LogP contribution is 2.58. The van der Waals surface area contributed by atoms with Crippen LogP contribution >= 0.6 is 0 Å². The lowest BCUT2D eigenvalue weighted by Gasteiger charge is -2.19. The summed E-state index contributed by atoms with van der Waals surface area (Å²) in [6.45, 7) is 2.17. The molecule has 0 unspecified atom stereocenters. The minimum atomic E-state index is 0.0632. The molecule has 3 fully saturated rings. The molecule has 25 heavy (non-hydrogen) atoms. The smallest absolute Gasteiger partial charge is 0.224 e. The van der Waals surface area contributed by atoms with Crippen molar-refractivity contribution in [3.05, 3.63) is 30.1 Å². The summed E-state index contributed by atoms with van der Waals surface area (Å²) >= 11 is 0. The van der Waals surface area contributed by atoms with Crippen LogP contribution in [0.5, 0.6) is 0 Å². The fraction of sp³-hybridized carbons (Fsp3) is 0.650. The van der Waals surface area contributed by atoms with Crippen molar-refractivity contribution in [3.63, 3.8) is 0 Å². The molecule has 2 atom stereocenters. The molecule has 4 rings (SSSR count). The van der Waals surface area contributed by atoms with Crippen molar-refractivity contribution in [1.29, 1.82) is 0 Å². The fourth-order valence-electron chi connectivity index (χ4n) is 4.68. The Morgan fingerprint density at radius 2 is 2.00 bits per heavy atom. The molecule has 1 N–H and O–H groups in total. The summed E-state index contributed by atoms with van der Waals surface area (Å²) in [6.07, 6.45) is 11.1. The van der Waals surface area contributed by atoms with Crippen LogP contribution in [0, 0.1) is 17.3 Å². The largest absolute Gasteiger partial charge is 0.352 e. The van der Waals surface area contributed by atoms with Crippen LogP contribution in [0.1, 0.15) is 50.5 Å². The molecule has 1 spiro atoms. The number of carbonyl (C=O) groups is 2. The molecule has 0 aromatic carbocycles. The lowest BCUT2D eigenvalue weighted by molar-refractivity contribution is -0.131. The fourth-order valence-corrected chi connectivity index (χ4v) is 4.68. The summed E-state index contributed by atoms with van der Waals surface area (Å²) in [5.74, 6) is 1.13. The van der Waals surface area contributed by atoms with Gasteiger partial charge in [-0.1, -0.05) is 12.8 Å². The van der Waals surface area contributed by atoms with Gasteiger partial charge in [0, 0.05) is 49.8 Å². The Labute approximate surface area is 149 Å². The van der Waals surface area contributed by atoms with Crippen molar-refractivity contribution >= 4 is 11.8 Å². The molecule has 0 radical (unpaired) electrons. The van der Waals surface area contributed by atoms with Crippen molar-refractivity contribution in [1.82, 2.24) is 15.2 Å². The first-order valence-electron chi connectivity index (χ1n) is 9.61. The minimum absolute atomic E-state index is 0.0632. The number of amides is 2. The number of nitrogens with zero attached hydrogens (tertiary/aromatic N) is 2. The van der Waals surface area contributed by atoms with E-state index < -0.39 is 0 Å². The van der Waals surface area contributed by atoms with Gasteiger partial charge in [-0.15, -0.1) is 0 Å². The molecule has 3 aliphatic rings. The van der Waals surface area contributed by atoms with Gasteiger partial charge in [-0.2, -0.15) is 0 Å². The number of rotatable bonds is 5. The summed E-state index contributed by atoms with van der Waals surface area (Å²) in [5, 5.41) is 3.04. The van der Waals surface area contributed by atoms with Crippen molar-refractivity contribution in [2.45, 2.75) is 51.5 Å². The maximum absolute atomic E-state index is 12.5. The van der Waals surface area contributed by atoms with Crippen molar-refractivity contribution in [3.8, 4) is 0 Å². The molecule has 0 bridgehead atoms. The minimum Gasteiger partial charge on any atom is -0.352 e. The number of hydrogen-bond donors (Lipinski definition) is 1. The van der Waals surface area contributed by atoms with E-state index in [1.165, 1.54) is 25.7 Å². The van der Waals surface area contributed by atoms with Gasteiger partial charge in [-0.3, -0.25) is 14.6 Å². The molecule has 2 saturated carbocycles. The second kappa shape index (κ2) is 6.77. The van der Waals surface area contributed by atoms with E-state index in [9.17, 15) is 9.59 Å². The van der Waals surface area contributed by atoms with E-state index in [-0.39, 0.29) is 17.2 Å². The van der Waals surface area contributed by atoms with Crippen LogP contribution in [0.25, 0.3) is 0 Å². The second-order valence-corrected chi connectivity index (χ2v) is 8.11. The number of likely N-dealkylation sites (tertiary alicyclic amines) is 1. The molecule has 2 heterocycles. The Kier molecular flexibility index (Phi) is 4.48. The van der Waals surface area contributed by atoms with E-state index in [2.05, 4.69) is 10.3 Å². The van der Waals surface area contributed by atoms with Crippen LogP contribution in [0.2, 0.25) is 0 Å². The van der Waals surface area contributed by atoms with Crippen LogP contribution < -0.4 is 5.32 Å². The SMILES string of the molecule is O=C(NCc1ccncc1)[C@H]1C[C@]12CCN(C(=O)CC1CCCC1)C2. The zero-order valence-corrected chi connectivity index (χ0v) is 14.7. The average molecular weight is 341 g/mol. The monoisotopic (exact) mass is 341 g/mol. The van der Waals surface area contributed by atoms with Crippen molar-refractivity contribution in [2.24, 2.45) is 17.3 Å². The topological polar surface area (TPSA) is 62.3 Å². The zero-order chi connectivity index (χ0) is 17.3. The van der Waals surface area contributed by atoms with Gasteiger partial charge in [0.15, 0.2) is 0 Å². The normalized spacial score (nSPS) is 28.5. The number of aromatic nitrogens is 1. The molecule has 1 aromatic heterocycles. The molecular weight excluding hydrogens is 314 g/mol. The molecule has 5 nitrogen and oxygen atoms in total. The Morgan fingerprint density at radius 1 is 1.24 bits per heavy atom.